The van der Waals surface area contributed by atoms with Gasteiger partial charge >= 0.3 is 8.80 Å². The smallest absolute Gasteiger partial charge is 0.369 e. The van der Waals surface area contributed by atoms with Crippen molar-refractivity contribution in [1.29, 1.82) is 0 Å². The van der Waals surface area contributed by atoms with Gasteiger partial charge in [0.15, 0.2) is 0 Å². The van der Waals surface area contributed by atoms with E-state index in [1.54, 1.807) is 0 Å². The van der Waals surface area contributed by atoms with E-state index < -0.39 is 8.80 Å². The lowest BCUT2D eigenvalue weighted by Crippen LogP contribution is -2.62. The summed E-state index contributed by atoms with van der Waals surface area (Å²) in [5.74, 6) is 0. The third-order valence-corrected chi connectivity index (χ3v) is 6.73. The molecule has 0 aliphatic carbocycles. The zero-order valence-corrected chi connectivity index (χ0v) is 12.6. The Morgan fingerprint density at radius 2 is 1.47 bits per heavy atom. The maximum absolute atomic E-state index is 6.08. The van der Waals surface area contributed by atoms with Gasteiger partial charge in [0.1, 0.15) is 0 Å². The second-order valence-corrected chi connectivity index (χ2v) is 7.80. The summed E-state index contributed by atoms with van der Waals surface area (Å²) in [5.41, 5.74) is 2.55. The second kappa shape index (κ2) is 5.34. The first-order valence-corrected chi connectivity index (χ1v) is 8.64. The number of benzene rings is 1. The quantitative estimate of drug-likeness (QED) is 0.713. The number of aryl methyl sites for hydroxylation is 2. The van der Waals surface area contributed by atoms with E-state index in [2.05, 4.69) is 36.9 Å². The molecule has 0 unspecified atom stereocenters. The molecular formula is C14H21NO3Si. The molecule has 0 saturated carbocycles. The molecule has 4 nitrogen and oxygen atoms in total. The highest BCUT2D eigenvalue weighted by Gasteiger charge is 2.46. The van der Waals surface area contributed by atoms with Crippen LogP contribution in [-0.4, -0.2) is 53.2 Å². The molecule has 2 bridgehead atoms. The van der Waals surface area contributed by atoms with Gasteiger partial charge in [-0.2, -0.15) is 0 Å². The average molecular weight is 279 g/mol. The lowest BCUT2D eigenvalue weighted by Gasteiger charge is -2.38. The molecule has 3 saturated heterocycles. The zero-order valence-electron chi connectivity index (χ0n) is 11.6. The second-order valence-electron chi connectivity index (χ2n) is 5.24. The van der Waals surface area contributed by atoms with E-state index in [1.165, 1.54) is 11.1 Å². The van der Waals surface area contributed by atoms with Gasteiger partial charge in [-0.25, -0.2) is 0 Å². The molecule has 1 aromatic carbocycles. The van der Waals surface area contributed by atoms with Crippen LogP contribution in [0.15, 0.2) is 18.2 Å². The highest BCUT2D eigenvalue weighted by atomic mass is 28.4. The molecule has 0 aromatic heterocycles. The number of nitrogens with zero attached hydrogens (tertiary/aromatic N) is 1. The number of fused-ring (bicyclic) bond motifs is 6. The summed E-state index contributed by atoms with van der Waals surface area (Å²) in [5, 5.41) is 1.10. The summed E-state index contributed by atoms with van der Waals surface area (Å²) in [7, 11) is -2.68. The van der Waals surface area contributed by atoms with Gasteiger partial charge in [0, 0.05) is 24.8 Å². The van der Waals surface area contributed by atoms with E-state index in [9.17, 15) is 0 Å². The monoisotopic (exact) mass is 279 g/mol. The molecule has 5 heteroatoms. The van der Waals surface area contributed by atoms with Crippen molar-refractivity contribution < 1.29 is 13.3 Å². The van der Waals surface area contributed by atoms with E-state index in [-0.39, 0.29) is 0 Å². The summed E-state index contributed by atoms with van der Waals surface area (Å²) >= 11 is 0. The van der Waals surface area contributed by atoms with Gasteiger partial charge in [-0.1, -0.05) is 18.2 Å². The van der Waals surface area contributed by atoms with Gasteiger partial charge < -0.3 is 13.3 Å². The van der Waals surface area contributed by atoms with Crippen molar-refractivity contribution >= 4 is 14.0 Å². The third-order valence-electron chi connectivity index (χ3n) is 3.96. The summed E-state index contributed by atoms with van der Waals surface area (Å²) in [6.45, 7) is 9.26. The molecular weight excluding hydrogens is 258 g/mol. The van der Waals surface area contributed by atoms with Crippen LogP contribution in [0, 0.1) is 13.8 Å². The Morgan fingerprint density at radius 1 is 0.895 bits per heavy atom. The fourth-order valence-corrected chi connectivity index (χ4v) is 5.08. The minimum Gasteiger partial charge on any atom is -0.369 e. The molecule has 0 radical (unpaired) electrons. The Bertz CT molecular complexity index is 439. The van der Waals surface area contributed by atoms with Gasteiger partial charge in [0.25, 0.3) is 0 Å². The van der Waals surface area contributed by atoms with Crippen LogP contribution in [-0.2, 0) is 13.3 Å². The van der Waals surface area contributed by atoms with Crippen LogP contribution in [0.25, 0.3) is 0 Å². The molecule has 19 heavy (non-hydrogen) atoms. The first-order chi connectivity index (χ1) is 9.20. The summed E-state index contributed by atoms with van der Waals surface area (Å²) in [6.07, 6.45) is 0. The Kier molecular flexibility index (Phi) is 3.73. The van der Waals surface area contributed by atoms with Crippen LogP contribution >= 0.6 is 0 Å². The topological polar surface area (TPSA) is 30.9 Å². The van der Waals surface area contributed by atoms with Gasteiger partial charge in [-0.3, -0.25) is 4.90 Å². The Balaban J connectivity index is 1.95. The number of rotatable bonds is 1. The number of hydrogen-bond acceptors (Lipinski definition) is 4. The summed E-state index contributed by atoms with van der Waals surface area (Å²) < 4.78 is 18.2. The van der Waals surface area contributed by atoms with Crippen molar-refractivity contribution in [3.63, 3.8) is 0 Å². The minimum atomic E-state index is -2.68. The van der Waals surface area contributed by atoms with Crippen molar-refractivity contribution in [3.05, 3.63) is 29.3 Å². The normalized spacial score (nSPS) is 31.6. The van der Waals surface area contributed by atoms with Gasteiger partial charge in [-0.05, 0) is 25.0 Å². The largest absolute Gasteiger partial charge is 0.537 e. The molecule has 1 aromatic rings. The van der Waals surface area contributed by atoms with E-state index in [1.807, 2.05) is 0 Å². The minimum absolute atomic E-state index is 0.694. The molecule has 0 amide bonds. The van der Waals surface area contributed by atoms with Crippen molar-refractivity contribution in [3.8, 4) is 0 Å². The van der Waals surface area contributed by atoms with Gasteiger partial charge in [-0.15, -0.1) is 0 Å². The third kappa shape index (κ3) is 2.61. The van der Waals surface area contributed by atoms with Crippen LogP contribution in [0.2, 0.25) is 0 Å². The lowest BCUT2D eigenvalue weighted by atomic mass is 10.1. The maximum Gasteiger partial charge on any atom is 0.537 e. The molecule has 0 spiro atoms. The van der Waals surface area contributed by atoms with Gasteiger partial charge in [0.05, 0.1) is 19.8 Å². The van der Waals surface area contributed by atoms with Crippen LogP contribution < -0.4 is 5.19 Å². The molecule has 3 aliphatic rings. The predicted octanol–water partition coefficient (Wildman–Crippen LogP) is 0.828. The predicted molar refractivity (Wildman–Crippen MR) is 75.6 cm³/mol. The van der Waals surface area contributed by atoms with Crippen molar-refractivity contribution in [1.82, 2.24) is 4.90 Å². The van der Waals surface area contributed by atoms with Crippen molar-refractivity contribution in [2.75, 3.05) is 39.5 Å². The van der Waals surface area contributed by atoms with E-state index in [0.717, 1.165) is 24.8 Å². The van der Waals surface area contributed by atoms with E-state index in [0.29, 0.717) is 19.8 Å². The Hall–Kier alpha value is -0.723. The average Bonchev–Trinajstić information content (AvgIpc) is 2.31. The summed E-state index contributed by atoms with van der Waals surface area (Å²) in [6, 6.07) is 6.41. The van der Waals surface area contributed by atoms with E-state index >= 15 is 0 Å². The first-order valence-electron chi connectivity index (χ1n) is 6.92. The van der Waals surface area contributed by atoms with Crippen LogP contribution in [0.1, 0.15) is 11.1 Å². The Morgan fingerprint density at radius 3 is 2.00 bits per heavy atom. The number of hydrogen-bond donors (Lipinski definition) is 0. The van der Waals surface area contributed by atoms with E-state index in [4.69, 9.17) is 13.3 Å². The SMILES string of the molecule is Cc1ccc([Si]23OCCN(CCO2)CCO3)cc1C. The molecule has 3 heterocycles. The maximum atomic E-state index is 6.08. The fourth-order valence-electron chi connectivity index (χ4n) is 2.57. The molecule has 0 atom stereocenters. The molecule has 104 valence electrons. The lowest BCUT2D eigenvalue weighted by molar-refractivity contribution is 0.00140. The molecule has 3 fully saturated rings. The highest BCUT2D eigenvalue weighted by Crippen LogP contribution is 2.17. The van der Waals surface area contributed by atoms with Gasteiger partial charge in [0.2, 0.25) is 0 Å². The zero-order chi connectivity index (χ0) is 13.3. The van der Waals surface area contributed by atoms with Crippen LogP contribution in [0.5, 0.6) is 0 Å². The summed E-state index contributed by atoms with van der Waals surface area (Å²) in [4.78, 5) is 2.33. The van der Waals surface area contributed by atoms with Crippen LogP contribution in [0.3, 0.4) is 0 Å². The highest BCUT2D eigenvalue weighted by molar-refractivity contribution is 6.75. The molecule has 3 aliphatic heterocycles. The van der Waals surface area contributed by atoms with Crippen molar-refractivity contribution in [2.24, 2.45) is 0 Å². The first kappa shape index (κ1) is 13.3. The standard InChI is InChI=1S/C14H21NO3Si/c1-12-3-4-14(11-13(12)2)19-16-8-5-15(6-9-17-19)7-10-18-19/h3-4,11H,5-10H2,1-2H3. The molecule has 4 rings (SSSR count). The van der Waals surface area contributed by atoms with Crippen molar-refractivity contribution in [2.45, 2.75) is 13.8 Å². The van der Waals surface area contributed by atoms with Crippen LogP contribution in [0.4, 0.5) is 0 Å². The fraction of sp³-hybridized carbons (Fsp3) is 0.571. The Labute approximate surface area is 115 Å². The molecule has 0 N–H and O–H groups in total.